The maximum Gasteiger partial charge on any atom is 0.266 e. The number of aromatic nitrogens is 2. The maximum atomic E-state index is 13.8. The Hall–Kier alpha value is -4.88. The van der Waals surface area contributed by atoms with E-state index < -0.39 is 16.9 Å². The summed E-state index contributed by atoms with van der Waals surface area (Å²) in [6, 6.07) is 22.9. The van der Waals surface area contributed by atoms with E-state index in [4.69, 9.17) is 26.8 Å². The lowest BCUT2D eigenvalue weighted by Gasteiger charge is -2.40. The molecule has 1 aliphatic carbocycles. The molecule has 2 aliphatic heterocycles. The zero-order valence-corrected chi connectivity index (χ0v) is 33.8. The van der Waals surface area contributed by atoms with Crippen molar-refractivity contribution in [3.8, 4) is 11.5 Å². The fourth-order valence-electron chi connectivity index (χ4n) is 8.29. The molecule has 298 valence electrons. The SMILES string of the molecule is CC1=CC[C@@H](c2ccc(Cl)cc2)[C@H](CN2CCN(c3ccc(C(=O)NS(=O)c4ccc(NCC5CCOCC5)c(N)c4)c(Oc4cnc5[nH]ccc5c4)c3)CC2)C1. The molecule has 13 heteroatoms. The lowest BCUT2D eigenvalue weighted by atomic mass is 9.76. The number of H-pyrrole nitrogens is 1. The van der Waals surface area contributed by atoms with Crippen molar-refractivity contribution in [2.24, 2.45) is 11.8 Å². The van der Waals surface area contributed by atoms with E-state index in [1.165, 1.54) is 11.1 Å². The third kappa shape index (κ3) is 9.47. The molecule has 4 heterocycles. The van der Waals surface area contributed by atoms with Crippen molar-refractivity contribution in [2.45, 2.75) is 43.4 Å². The van der Waals surface area contributed by atoms with Crippen molar-refractivity contribution in [1.82, 2.24) is 19.6 Å². The van der Waals surface area contributed by atoms with E-state index in [2.05, 4.69) is 54.9 Å². The Morgan fingerprint density at radius 3 is 2.63 bits per heavy atom. The topological polar surface area (TPSA) is 138 Å². The highest BCUT2D eigenvalue weighted by Gasteiger charge is 2.30. The molecule has 8 rings (SSSR count). The fourth-order valence-corrected chi connectivity index (χ4v) is 9.24. The second-order valence-corrected chi connectivity index (χ2v) is 17.1. The number of ether oxygens (including phenoxy) is 2. The number of benzene rings is 3. The molecular weight excluding hydrogens is 758 g/mol. The molecule has 1 amide bonds. The minimum absolute atomic E-state index is 0.261. The van der Waals surface area contributed by atoms with Crippen LogP contribution in [0.5, 0.6) is 11.5 Å². The molecule has 5 aromatic rings. The van der Waals surface area contributed by atoms with Gasteiger partial charge in [-0.25, -0.2) is 9.19 Å². The van der Waals surface area contributed by atoms with Crippen LogP contribution in [0.1, 0.15) is 54.4 Å². The number of pyridine rings is 1. The molecule has 0 radical (unpaired) electrons. The minimum atomic E-state index is -1.87. The van der Waals surface area contributed by atoms with Crippen molar-refractivity contribution in [3.05, 3.63) is 113 Å². The molecule has 1 unspecified atom stereocenters. The summed E-state index contributed by atoms with van der Waals surface area (Å²) in [5.41, 5.74) is 12.4. The summed E-state index contributed by atoms with van der Waals surface area (Å²) in [6.07, 6.45) is 10.0. The predicted molar refractivity (Wildman–Crippen MR) is 229 cm³/mol. The summed E-state index contributed by atoms with van der Waals surface area (Å²) in [5.74, 6) is 1.83. The van der Waals surface area contributed by atoms with Gasteiger partial charge in [-0.05, 0) is 111 Å². The highest BCUT2D eigenvalue weighted by molar-refractivity contribution is 7.83. The third-order valence-electron chi connectivity index (χ3n) is 11.6. The van der Waals surface area contributed by atoms with E-state index in [-0.39, 0.29) is 5.56 Å². The van der Waals surface area contributed by atoms with Crippen LogP contribution in [-0.4, -0.2) is 77.5 Å². The summed E-state index contributed by atoms with van der Waals surface area (Å²) < 4.78 is 28.1. The molecule has 57 heavy (non-hydrogen) atoms. The number of rotatable bonds is 12. The third-order valence-corrected chi connectivity index (χ3v) is 12.9. The monoisotopic (exact) mass is 807 g/mol. The van der Waals surface area contributed by atoms with Gasteiger partial charge < -0.3 is 30.4 Å². The van der Waals surface area contributed by atoms with E-state index in [9.17, 15) is 9.00 Å². The Labute approximate surface area is 341 Å². The summed E-state index contributed by atoms with van der Waals surface area (Å²) in [4.78, 5) is 26.7. The average Bonchev–Trinajstić information content (AvgIpc) is 3.70. The van der Waals surface area contributed by atoms with Crippen molar-refractivity contribution < 1.29 is 18.5 Å². The van der Waals surface area contributed by atoms with E-state index in [1.807, 2.05) is 48.7 Å². The zero-order chi connectivity index (χ0) is 39.3. The first-order chi connectivity index (χ1) is 27.8. The minimum Gasteiger partial charge on any atom is -0.455 e. The Bertz CT molecular complexity index is 2250. The van der Waals surface area contributed by atoms with Gasteiger partial charge in [-0.2, -0.15) is 0 Å². The van der Waals surface area contributed by atoms with Crippen LogP contribution in [0.25, 0.3) is 11.0 Å². The van der Waals surface area contributed by atoms with Gasteiger partial charge >= 0.3 is 0 Å². The summed E-state index contributed by atoms with van der Waals surface area (Å²) in [6.45, 7) is 9.13. The van der Waals surface area contributed by atoms with Crippen molar-refractivity contribution in [1.29, 1.82) is 0 Å². The second-order valence-electron chi connectivity index (χ2n) is 15.5. The fraction of sp³-hybridized carbons (Fsp3) is 0.364. The Morgan fingerprint density at radius 1 is 1.04 bits per heavy atom. The van der Waals surface area contributed by atoms with Gasteiger partial charge in [-0.3, -0.25) is 14.4 Å². The number of nitrogens with one attached hydrogen (secondary N) is 3. The van der Waals surface area contributed by atoms with Gasteiger partial charge in [-0.15, -0.1) is 0 Å². The maximum absolute atomic E-state index is 13.8. The van der Waals surface area contributed by atoms with Gasteiger partial charge in [0.25, 0.3) is 5.91 Å². The number of carbonyl (C=O) groups is 1. The van der Waals surface area contributed by atoms with E-state index in [0.29, 0.717) is 39.8 Å². The predicted octanol–water partition coefficient (Wildman–Crippen LogP) is 8.14. The number of nitrogen functional groups attached to an aromatic ring is 1. The molecule has 2 aromatic heterocycles. The number of piperazine rings is 1. The number of nitrogens with zero attached hydrogens (tertiary/aromatic N) is 3. The Balaban J connectivity index is 0.954. The first-order valence-corrected chi connectivity index (χ1v) is 21.4. The largest absolute Gasteiger partial charge is 0.455 e. The van der Waals surface area contributed by atoms with Gasteiger partial charge in [-0.1, -0.05) is 35.4 Å². The van der Waals surface area contributed by atoms with Crippen LogP contribution >= 0.6 is 11.6 Å². The second kappa shape index (κ2) is 17.7. The number of aromatic amines is 1. The summed E-state index contributed by atoms with van der Waals surface area (Å²) in [7, 11) is -1.87. The first-order valence-electron chi connectivity index (χ1n) is 19.8. The molecule has 0 bridgehead atoms. The first kappa shape index (κ1) is 39.0. The zero-order valence-electron chi connectivity index (χ0n) is 32.2. The lowest BCUT2D eigenvalue weighted by molar-refractivity contribution is 0.0699. The highest BCUT2D eigenvalue weighted by atomic mass is 35.5. The van der Waals surface area contributed by atoms with Crippen LogP contribution < -0.4 is 25.4 Å². The molecule has 3 aliphatic rings. The quantitative estimate of drug-likeness (QED) is 0.0727. The molecule has 0 spiro atoms. The number of nitrogens with two attached hydrogens (primary N) is 1. The average molecular weight is 808 g/mol. The number of anilines is 3. The number of halogens is 1. The molecule has 5 N–H and O–H groups in total. The van der Waals surface area contributed by atoms with Gasteiger partial charge in [0.2, 0.25) is 0 Å². The molecule has 3 aromatic carbocycles. The number of fused-ring (bicyclic) bond motifs is 1. The van der Waals surface area contributed by atoms with Gasteiger partial charge in [0.05, 0.1) is 28.0 Å². The number of amides is 1. The number of carbonyl (C=O) groups excluding carboxylic acids is 1. The van der Waals surface area contributed by atoms with E-state index in [1.54, 1.807) is 24.4 Å². The standard InChI is InChI=1S/C44H50ClN7O4S/c1-29-2-9-38(31-3-5-34(45)6-4-31)33(22-29)28-51-16-18-52(19-17-51)35-7-10-39(42(24-35)56-36-23-32-12-15-47-43(32)49-27-36)44(53)50-57(54)37-8-11-41(40(46)25-37)48-26-30-13-20-55-21-14-30/h2-8,10-12,15,23-25,27,30,33,38,48H,9,13-14,16-22,26,28,46H2,1H3,(H,47,49)(H,50,53)/t33-,38-,57?/m0/s1. The molecule has 3 atom stereocenters. The van der Waals surface area contributed by atoms with Crippen LogP contribution in [0.3, 0.4) is 0 Å². The van der Waals surface area contributed by atoms with Crippen LogP contribution in [0.4, 0.5) is 17.1 Å². The van der Waals surface area contributed by atoms with Crippen molar-refractivity contribution in [3.63, 3.8) is 0 Å². The van der Waals surface area contributed by atoms with Gasteiger partial charge in [0, 0.05) is 80.8 Å². The molecule has 11 nitrogen and oxygen atoms in total. The molecule has 2 fully saturated rings. The molecule has 0 saturated carbocycles. The van der Waals surface area contributed by atoms with Crippen molar-refractivity contribution in [2.75, 3.05) is 68.4 Å². The Kier molecular flexibility index (Phi) is 12.1. The van der Waals surface area contributed by atoms with Crippen LogP contribution in [-0.2, 0) is 15.7 Å². The molecule has 2 saturated heterocycles. The number of hydrogen-bond acceptors (Lipinski definition) is 9. The van der Waals surface area contributed by atoms with Crippen molar-refractivity contribution >= 4 is 56.6 Å². The lowest BCUT2D eigenvalue weighted by Crippen LogP contribution is -2.48. The van der Waals surface area contributed by atoms with E-state index in [0.717, 1.165) is 106 Å². The molecular formula is C44H50ClN7O4S. The normalized spacial score (nSPS) is 19.9. The smallest absolute Gasteiger partial charge is 0.266 e. The number of hydrogen-bond donors (Lipinski definition) is 4. The number of allylic oxidation sites excluding steroid dienone is 2. The van der Waals surface area contributed by atoms with Gasteiger partial charge in [0.15, 0.2) is 11.0 Å². The summed E-state index contributed by atoms with van der Waals surface area (Å²) >= 11 is 6.22. The van der Waals surface area contributed by atoms with Gasteiger partial charge in [0.1, 0.15) is 17.1 Å². The van der Waals surface area contributed by atoms with Crippen LogP contribution in [0.2, 0.25) is 5.02 Å². The summed E-state index contributed by atoms with van der Waals surface area (Å²) in [5, 5.41) is 5.07. The highest BCUT2D eigenvalue weighted by Crippen LogP contribution is 2.39. The van der Waals surface area contributed by atoms with Crippen LogP contribution in [0, 0.1) is 11.8 Å². The Morgan fingerprint density at radius 2 is 1.84 bits per heavy atom. The van der Waals surface area contributed by atoms with E-state index >= 15 is 0 Å². The van der Waals surface area contributed by atoms with Crippen LogP contribution in [0.15, 0.2) is 102 Å².